The minimum Gasteiger partial charge on any atom is -0.383 e. The van der Waals surface area contributed by atoms with Crippen molar-refractivity contribution in [2.24, 2.45) is 4.99 Å². The van der Waals surface area contributed by atoms with Crippen LogP contribution in [-0.2, 0) is 6.42 Å². The quantitative estimate of drug-likeness (QED) is 0.0893. The van der Waals surface area contributed by atoms with Crippen molar-refractivity contribution in [3.63, 3.8) is 0 Å². The largest absolute Gasteiger partial charge is 0.383 e. The number of nitro groups is 1. The van der Waals surface area contributed by atoms with Crippen molar-refractivity contribution in [1.29, 1.82) is 0 Å². The minimum atomic E-state index is -0.412. The third kappa shape index (κ3) is 8.70. The molecule has 0 atom stereocenters. The predicted molar refractivity (Wildman–Crippen MR) is 124 cm³/mol. The van der Waals surface area contributed by atoms with Crippen molar-refractivity contribution in [1.82, 2.24) is 15.6 Å². The van der Waals surface area contributed by atoms with E-state index in [0.717, 1.165) is 30.2 Å². The van der Waals surface area contributed by atoms with Crippen LogP contribution in [0.15, 0.2) is 47.6 Å². The third-order valence-electron chi connectivity index (χ3n) is 3.63. The Labute approximate surface area is 186 Å². The van der Waals surface area contributed by atoms with Gasteiger partial charge in [0.1, 0.15) is 5.15 Å². The van der Waals surface area contributed by atoms with Crippen LogP contribution in [0.4, 0.5) is 11.4 Å². The fraction of sp³-hybridized carbons (Fsp3) is 0.333. The predicted octanol–water partition coefficient (Wildman–Crippen LogP) is 3.47. The Kier molecular flexibility index (Phi) is 11.2. The molecule has 0 fully saturated rings. The van der Waals surface area contributed by atoms with E-state index in [4.69, 9.17) is 11.6 Å². The van der Waals surface area contributed by atoms with Gasteiger partial charge in [-0.15, -0.1) is 24.0 Å². The number of benzene rings is 1. The summed E-state index contributed by atoms with van der Waals surface area (Å²) >= 11 is 5.78. The van der Waals surface area contributed by atoms with Crippen LogP contribution >= 0.6 is 35.6 Å². The highest BCUT2D eigenvalue weighted by Gasteiger charge is 2.03. The molecule has 0 radical (unpaired) electrons. The van der Waals surface area contributed by atoms with E-state index >= 15 is 0 Å². The number of anilines is 1. The van der Waals surface area contributed by atoms with Crippen LogP contribution in [0.3, 0.4) is 0 Å². The molecule has 8 nitrogen and oxygen atoms in total. The summed E-state index contributed by atoms with van der Waals surface area (Å²) in [6.07, 6.45) is 2.54. The van der Waals surface area contributed by atoms with E-state index in [-0.39, 0.29) is 29.7 Å². The first-order valence-electron chi connectivity index (χ1n) is 8.69. The van der Waals surface area contributed by atoms with E-state index in [2.05, 4.69) is 25.9 Å². The van der Waals surface area contributed by atoms with Crippen molar-refractivity contribution >= 4 is 52.9 Å². The fourth-order valence-corrected chi connectivity index (χ4v) is 2.39. The zero-order valence-corrected chi connectivity index (χ0v) is 18.6. The molecule has 0 aliphatic rings. The number of guanidine groups is 1. The Balaban J connectivity index is 0.00000392. The van der Waals surface area contributed by atoms with Crippen molar-refractivity contribution < 1.29 is 4.92 Å². The van der Waals surface area contributed by atoms with Gasteiger partial charge in [0.15, 0.2) is 5.96 Å². The Hall–Kier alpha value is -2.14. The van der Waals surface area contributed by atoms with E-state index in [1.165, 1.54) is 12.1 Å². The molecule has 28 heavy (non-hydrogen) atoms. The number of rotatable bonds is 9. The number of nitrogens with zero attached hydrogens (tertiary/aromatic N) is 3. The van der Waals surface area contributed by atoms with Gasteiger partial charge in [0.2, 0.25) is 0 Å². The molecule has 0 amide bonds. The number of pyridine rings is 1. The minimum absolute atomic E-state index is 0. The Morgan fingerprint density at radius 2 is 1.93 bits per heavy atom. The van der Waals surface area contributed by atoms with E-state index in [1.54, 1.807) is 24.4 Å². The first-order valence-corrected chi connectivity index (χ1v) is 9.07. The lowest BCUT2D eigenvalue weighted by Gasteiger charge is -2.12. The second kappa shape index (κ2) is 13.1. The normalized spacial score (nSPS) is 10.7. The van der Waals surface area contributed by atoms with Crippen LogP contribution in [0, 0.1) is 10.1 Å². The topological polar surface area (TPSA) is 104 Å². The highest BCUT2D eigenvalue weighted by Crippen LogP contribution is 2.14. The molecule has 0 aliphatic carbocycles. The summed E-state index contributed by atoms with van der Waals surface area (Å²) in [5, 5.41) is 20.8. The van der Waals surface area contributed by atoms with E-state index in [1.807, 2.05) is 13.0 Å². The zero-order chi connectivity index (χ0) is 19.5. The number of aromatic nitrogens is 1. The van der Waals surface area contributed by atoms with E-state index < -0.39 is 4.92 Å². The first kappa shape index (κ1) is 23.9. The van der Waals surface area contributed by atoms with Gasteiger partial charge in [-0.2, -0.15) is 0 Å². The van der Waals surface area contributed by atoms with Gasteiger partial charge in [0, 0.05) is 50.2 Å². The maximum absolute atomic E-state index is 10.6. The lowest BCUT2D eigenvalue weighted by molar-refractivity contribution is -0.384. The molecule has 1 aromatic carbocycles. The van der Waals surface area contributed by atoms with Gasteiger partial charge in [-0.25, -0.2) is 4.98 Å². The number of nitro benzene ring substituents is 1. The van der Waals surface area contributed by atoms with Crippen molar-refractivity contribution in [2.45, 2.75) is 13.3 Å². The number of halogens is 2. The maximum Gasteiger partial charge on any atom is 0.269 e. The van der Waals surface area contributed by atoms with Crippen molar-refractivity contribution in [3.05, 3.63) is 63.4 Å². The molecule has 0 spiro atoms. The molecule has 0 aliphatic heterocycles. The van der Waals surface area contributed by atoms with Gasteiger partial charge in [-0.3, -0.25) is 15.1 Å². The van der Waals surface area contributed by atoms with Gasteiger partial charge < -0.3 is 16.0 Å². The van der Waals surface area contributed by atoms with Crippen molar-refractivity contribution in [2.75, 3.05) is 31.5 Å². The van der Waals surface area contributed by atoms with E-state index in [9.17, 15) is 10.1 Å². The Morgan fingerprint density at radius 1 is 1.18 bits per heavy atom. The summed E-state index contributed by atoms with van der Waals surface area (Å²) in [4.78, 5) is 18.8. The van der Waals surface area contributed by atoms with Gasteiger partial charge in [-0.05, 0) is 37.1 Å². The highest BCUT2D eigenvalue weighted by molar-refractivity contribution is 14.0. The molecule has 0 saturated carbocycles. The second-order valence-corrected chi connectivity index (χ2v) is 6.04. The molecule has 0 bridgehead atoms. The van der Waals surface area contributed by atoms with Crippen LogP contribution in [-0.4, -0.2) is 42.0 Å². The summed E-state index contributed by atoms with van der Waals surface area (Å²) < 4.78 is 0. The van der Waals surface area contributed by atoms with Gasteiger partial charge in [0.25, 0.3) is 5.69 Å². The monoisotopic (exact) mass is 518 g/mol. The van der Waals surface area contributed by atoms with Crippen LogP contribution in [0.5, 0.6) is 0 Å². The van der Waals surface area contributed by atoms with Crippen molar-refractivity contribution in [3.8, 4) is 0 Å². The molecule has 1 heterocycles. The molecule has 10 heteroatoms. The molecule has 152 valence electrons. The van der Waals surface area contributed by atoms with Crippen LogP contribution in [0.25, 0.3) is 0 Å². The number of hydrogen-bond donors (Lipinski definition) is 3. The molecule has 2 rings (SSSR count). The molecule has 3 N–H and O–H groups in total. The number of hydrogen-bond acceptors (Lipinski definition) is 5. The Morgan fingerprint density at radius 3 is 2.54 bits per heavy atom. The second-order valence-electron chi connectivity index (χ2n) is 5.66. The SMILES string of the molecule is CCNC(=NCCc1ccc(Cl)nc1)NCCNc1ccc([N+](=O)[O-])cc1.I. The average molecular weight is 519 g/mol. The van der Waals surface area contributed by atoms with Gasteiger partial charge in [0.05, 0.1) is 4.92 Å². The van der Waals surface area contributed by atoms with Gasteiger partial charge in [-0.1, -0.05) is 17.7 Å². The molecular weight excluding hydrogens is 495 g/mol. The van der Waals surface area contributed by atoms with E-state index in [0.29, 0.717) is 24.8 Å². The molecule has 0 saturated heterocycles. The van der Waals surface area contributed by atoms with Gasteiger partial charge >= 0.3 is 0 Å². The fourth-order valence-electron chi connectivity index (χ4n) is 2.28. The number of nitrogens with one attached hydrogen (secondary N) is 3. The molecule has 1 aromatic heterocycles. The van der Waals surface area contributed by atoms with Crippen LogP contribution < -0.4 is 16.0 Å². The zero-order valence-electron chi connectivity index (χ0n) is 15.5. The Bertz CT molecular complexity index is 756. The summed E-state index contributed by atoms with van der Waals surface area (Å²) in [5.41, 5.74) is 1.99. The summed E-state index contributed by atoms with van der Waals surface area (Å²) in [6, 6.07) is 10.1. The number of aliphatic imine (C=N–C) groups is 1. The highest BCUT2D eigenvalue weighted by atomic mass is 127. The standard InChI is InChI=1S/C18H23ClN6O2.HI/c1-2-20-18(22-10-9-14-3-8-17(19)24-13-14)23-12-11-21-15-4-6-16(7-5-15)25(26)27;/h3-8,13,21H,2,9-12H2,1H3,(H2,20,22,23);1H. The third-order valence-corrected chi connectivity index (χ3v) is 3.85. The molecule has 0 unspecified atom stereocenters. The van der Waals surface area contributed by atoms with Crippen LogP contribution in [0.2, 0.25) is 5.15 Å². The lowest BCUT2D eigenvalue weighted by Crippen LogP contribution is -2.39. The number of non-ortho nitro benzene ring substituents is 1. The maximum atomic E-state index is 10.6. The molecular formula is C18H24ClIN6O2. The summed E-state index contributed by atoms with van der Waals surface area (Å²) in [5.74, 6) is 0.741. The van der Waals surface area contributed by atoms with Crippen LogP contribution in [0.1, 0.15) is 12.5 Å². The summed E-state index contributed by atoms with van der Waals surface area (Å²) in [6.45, 7) is 4.72. The lowest BCUT2D eigenvalue weighted by atomic mass is 10.2. The molecule has 2 aromatic rings. The summed E-state index contributed by atoms with van der Waals surface area (Å²) in [7, 11) is 0. The average Bonchev–Trinajstić information content (AvgIpc) is 2.67. The smallest absolute Gasteiger partial charge is 0.269 e. The first-order chi connectivity index (χ1) is 13.1.